The number of allylic oxidation sites excluding steroid dienone is 2. The van der Waals surface area contributed by atoms with E-state index in [4.69, 9.17) is 19.5 Å². The molecule has 0 aromatic heterocycles. The third-order valence-corrected chi connectivity index (χ3v) is 9.27. The molecule has 6 aromatic rings. The summed E-state index contributed by atoms with van der Waals surface area (Å²) in [5, 5.41) is 29.8. The number of Topliss-reactive ketones (excluding diaryl/α,β-unsaturated/α-hetero) is 1. The number of hydrogen-bond acceptors (Lipinski definition) is 10. The van der Waals surface area contributed by atoms with Gasteiger partial charge in [0.15, 0.2) is 5.78 Å². The molecule has 0 aliphatic heterocycles. The summed E-state index contributed by atoms with van der Waals surface area (Å²) in [6.07, 6.45) is 8.18. The standard InChI is InChI=1S/C42H34N4O7.C9H15N.C2H4O.2CH4/c1-26(47)29-21-30(23-35(48)22-29)42(51)45-32-14-18-37(19-15-32)53-39-11-5-9-34(25-39)46-41(50)28-7-3-6-27(20-28)40(49)44-31-12-16-36(17-13-31)52-38-10-4-8-33(24-38)43-2;1-3-4-5-6-7-9(2)8-10;1-2-3;;/h3-25,43,48H,1-2H3,(H,44,49)(H,45,51)(H,46,50);4-5,9H,3,6-7H2,1-2H3;2H,1H3;2*1H4. The van der Waals surface area contributed by atoms with Crippen molar-refractivity contribution in [3.05, 3.63) is 174 Å². The fourth-order valence-corrected chi connectivity index (χ4v) is 5.89. The van der Waals surface area contributed by atoms with Gasteiger partial charge in [0.2, 0.25) is 0 Å². The summed E-state index contributed by atoms with van der Waals surface area (Å²) in [6.45, 7) is 6.87. The number of ether oxygens (including phenoxy) is 2. The van der Waals surface area contributed by atoms with Crippen LogP contribution in [0.15, 0.2) is 152 Å². The van der Waals surface area contributed by atoms with E-state index in [1.807, 2.05) is 38.2 Å². The molecule has 5 N–H and O–H groups in total. The highest BCUT2D eigenvalue weighted by Gasteiger charge is 2.14. The summed E-state index contributed by atoms with van der Waals surface area (Å²) in [5.74, 6) is 0.692. The van der Waals surface area contributed by atoms with E-state index < -0.39 is 11.8 Å². The van der Waals surface area contributed by atoms with Crippen LogP contribution in [-0.2, 0) is 4.79 Å². The molecule has 0 aliphatic carbocycles. The second kappa shape index (κ2) is 29.1. The molecule has 0 saturated heterocycles. The molecular weight excluding hydrogens is 859 g/mol. The van der Waals surface area contributed by atoms with Crippen molar-refractivity contribution in [3.63, 3.8) is 0 Å². The minimum atomic E-state index is -0.490. The van der Waals surface area contributed by atoms with Crippen LogP contribution in [0.3, 0.4) is 0 Å². The summed E-state index contributed by atoms with van der Waals surface area (Å²) in [7, 11) is 1.83. The van der Waals surface area contributed by atoms with Crippen LogP contribution in [0.5, 0.6) is 28.7 Å². The van der Waals surface area contributed by atoms with Crippen LogP contribution in [0.1, 0.15) is 103 Å². The van der Waals surface area contributed by atoms with Crippen LogP contribution in [-0.4, -0.2) is 41.9 Å². The van der Waals surface area contributed by atoms with Crippen LogP contribution in [0, 0.1) is 17.2 Å². The number of carbonyl (C=O) groups excluding carboxylic acids is 5. The predicted octanol–water partition coefficient (Wildman–Crippen LogP) is 13.3. The average Bonchev–Trinajstić information content (AvgIpc) is 3.32. The second-order valence-electron chi connectivity index (χ2n) is 14.5. The quantitative estimate of drug-likeness (QED) is 0.0354. The molecule has 354 valence electrons. The molecule has 6 aromatic carbocycles. The molecule has 0 fully saturated rings. The molecule has 0 bridgehead atoms. The first kappa shape index (κ1) is 55.6. The number of amides is 3. The lowest BCUT2D eigenvalue weighted by Crippen LogP contribution is -2.15. The zero-order valence-electron chi connectivity index (χ0n) is 37.5. The van der Waals surface area contributed by atoms with Gasteiger partial charge >= 0.3 is 0 Å². The number of hydrogen-bond donors (Lipinski definition) is 5. The average molecular weight is 920 g/mol. The van der Waals surface area contributed by atoms with E-state index in [2.05, 4.69) is 46.4 Å². The number of nitrogens with one attached hydrogen (secondary N) is 4. The lowest BCUT2D eigenvalue weighted by molar-refractivity contribution is -0.106. The fourth-order valence-electron chi connectivity index (χ4n) is 5.89. The largest absolute Gasteiger partial charge is 0.508 e. The summed E-state index contributed by atoms with van der Waals surface area (Å²) in [6, 6.07) is 40.6. The molecule has 13 heteroatoms. The molecule has 68 heavy (non-hydrogen) atoms. The van der Waals surface area contributed by atoms with Gasteiger partial charge < -0.3 is 40.6 Å². The number of rotatable bonds is 16. The minimum absolute atomic E-state index is 0. The Bertz CT molecular complexity index is 2660. The maximum Gasteiger partial charge on any atom is 0.255 e. The number of aldehydes is 1. The van der Waals surface area contributed by atoms with Crippen molar-refractivity contribution in [1.29, 1.82) is 5.26 Å². The zero-order valence-corrected chi connectivity index (χ0v) is 37.5. The summed E-state index contributed by atoms with van der Waals surface area (Å²) >= 11 is 0. The molecule has 1 atom stereocenters. The minimum Gasteiger partial charge on any atom is -0.508 e. The first-order valence-electron chi connectivity index (χ1n) is 21.1. The van der Waals surface area contributed by atoms with Gasteiger partial charge in [-0.15, -0.1) is 0 Å². The van der Waals surface area contributed by atoms with Crippen molar-refractivity contribution in [3.8, 4) is 34.8 Å². The van der Waals surface area contributed by atoms with E-state index in [9.17, 15) is 24.3 Å². The second-order valence-corrected chi connectivity index (χ2v) is 14.5. The number of aromatic hydroxyl groups is 1. The molecule has 3 amide bonds. The van der Waals surface area contributed by atoms with Crippen LogP contribution in [0.25, 0.3) is 0 Å². The van der Waals surface area contributed by atoms with Gasteiger partial charge in [0.1, 0.15) is 35.0 Å². The van der Waals surface area contributed by atoms with Crippen LogP contribution in [0.4, 0.5) is 22.7 Å². The third-order valence-electron chi connectivity index (χ3n) is 9.27. The van der Waals surface area contributed by atoms with E-state index in [1.165, 1.54) is 38.1 Å². The Balaban J connectivity index is 0.000000932. The van der Waals surface area contributed by atoms with Gasteiger partial charge in [-0.1, -0.05) is 52.1 Å². The number of nitriles is 1. The van der Waals surface area contributed by atoms with Crippen molar-refractivity contribution in [1.82, 2.24) is 0 Å². The Kier molecular flexibility index (Phi) is 23.8. The van der Waals surface area contributed by atoms with Gasteiger partial charge in [-0.3, -0.25) is 19.2 Å². The van der Waals surface area contributed by atoms with Gasteiger partial charge in [-0.2, -0.15) is 5.26 Å². The van der Waals surface area contributed by atoms with Gasteiger partial charge in [0.05, 0.1) is 6.07 Å². The number of phenols is 1. The van der Waals surface area contributed by atoms with Gasteiger partial charge in [0, 0.05) is 70.1 Å². The SMILES string of the molecule is C.C.CC=O.CCC=CCCC(C)C#N.CNc1cccc(Oc2ccc(NC(=O)c3cccc(C(=O)Nc4cccc(Oc5ccc(NC(=O)c6cc(O)cc(C(C)=O)c6)cc5)c4)c3)cc2)c1. The van der Waals surface area contributed by atoms with Gasteiger partial charge in [-0.25, -0.2) is 0 Å². The lowest BCUT2D eigenvalue weighted by Gasteiger charge is -2.11. The maximum absolute atomic E-state index is 13.2. The van der Waals surface area contributed by atoms with Crippen molar-refractivity contribution < 1.29 is 38.6 Å². The Labute approximate surface area is 399 Å². The molecule has 0 spiro atoms. The number of phenolic OH excluding ortho intramolecular Hbond substituents is 1. The van der Waals surface area contributed by atoms with Crippen molar-refractivity contribution in [2.24, 2.45) is 5.92 Å². The number of nitrogens with zero attached hydrogens (tertiary/aromatic N) is 1. The van der Waals surface area contributed by atoms with Crippen LogP contribution < -0.4 is 30.7 Å². The molecular formula is C55H61N5O8. The highest BCUT2D eigenvalue weighted by atomic mass is 16.5. The molecule has 1 unspecified atom stereocenters. The summed E-state index contributed by atoms with van der Waals surface area (Å²) < 4.78 is 11.9. The van der Waals surface area contributed by atoms with E-state index in [0.717, 1.165) is 31.2 Å². The predicted molar refractivity (Wildman–Crippen MR) is 273 cm³/mol. The van der Waals surface area contributed by atoms with Crippen molar-refractivity contribution >= 4 is 52.5 Å². The van der Waals surface area contributed by atoms with Crippen LogP contribution in [0.2, 0.25) is 0 Å². The topological polar surface area (TPSA) is 196 Å². The van der Waals surface area contributed by atoms with E-state index >= 15 is 0 Å². The molecule has 0 aliphatic rings. The zero-order chi connectivity index (χ0) is 47.8. The first-order chi connectivity index (χ1) is 31.8. The summed E-state index contributed by atoms with van der Waals surface area (Å²) in [4.78, 5) is 59.5. The Morgan fingerprint density at radius 2 is 1.06 bits per heavy atom. The Morgan fingerprint density at radius 3 is 1.54 bits per heavy atom. The van der Waals surface area contributed by atoms with E-state index in [-0.39, 0.29) is 54.9 Å². The number of carbonyl (C=O) groups is 5. The normalized spacial score (nSPS) is 10.3. The maximum atomic E-state index is 13.2. The van der Waals surface area contributed by atoms with Gasteiger partial charge in [-0.05, 0) is 149 Å². The highest BCUT2D eigenvalue weighted by Crippen LogP contribution is 2.28. The number of anilines is 4. The van der Waals surface area contributed by atoms with E-state index in [1.54, 1.807) is 91.0 Å². The Hall–Kier alpha value is -8.50. The molecule has 0 heterocycles. The smallest absolute Gasteiger partial charge is 0.255 e. The Morgan fingerprint density at radius 1 is 0.618 bits per heavy atom. The molecule has 6 rings (SSSR count). The fraction of sp³-hybridized carbons (Fsp3) is 0.200. The lowest BCUT2D eigenvalue weighted by atomic mass is 10.1. The molecule has 13 nitrogen and oxygen atoms in total. The monoisotopic (exact) mass is 919 g/mol. The molecule has 0 radical (unpaired) electrons. The van der Waals surface area contributed by atoms with Crippen molar-refractivity contribution in [2.45, 2.75) is 61.8 Å². The third kappa shape index (κ3) is 18.5. The van der Waals surface area contributed by atoms with Gasteiger partial charge in [0.25, 0.3) is 17.7 Å². The number of benzene rings is 6. The number of ketones is 1. The first-order valence-corrected chi connectivity index (χ1v) is 21.1. The summed E-state index contributed by atoms with van der Waals surface area (Å²) in [5.41, 5.74) is 3.41. The van der Waals surface area contributed by atoms with Crippen LogP contribution >= 0.6 is 0 Å². The molecule has 0 saturated carbocycles. The van der Waals surface area contributed by atoms with Crippen molar-refractivity contribution in [2.75, 3.05) is 28.3 Å². The van der Waals surface area contributed by atoms with E-state index in [0.29, 0.717) is 45.6 Å². The highest BCUT2D eigenvalue weighted by molar-refractivity contribution is 6.09.